The number of hydrogen-bond acceptors (Lipinski definition) is 6. The summed E-state index contributed by atoms with van der Waals surface area (Å²) in [5, 5.41) is 6.84. The number of para-hydroxylation sites is 1. The maximum absolute atomic E-state index is 12.4. The van der Waals surface area contributed by atoms with Gasteiger partial charge in [-0.25, -0.2) is 0 Å². The van der Waals surface area contributed by atoms with Gasteiger partial charge in [0.25, 0.3) is 11.8 Å². The first-order chi connectivity index (χ1) is 14.2. The highest BCUT2D eigenvalue weighted by Gasteiger charge is 2.15. The normalized spacial score (nSPS) is 10.5. The van der Waals surface area contributed by atoms with E-state index in [9.17, 15) is 4.79 Å². The molecule has 2 heterocycles. The first kappa shape index (κ1) is 18.4. The summed E-state index contributed by atoms with van der Waals surface area (Å²) in [6.07, 6.45) is 3.33. The highest BCUT2D eigenvalue weighted by Crippen LogP contribution is 2.28. The molecule has 0 unspecified atom stereocenters. The van der Waals surface area contributed by atoms with Crippen molar-refractivity contribution in [1.29, 1.82) is 0 Å². The van der Waals surface area contributed by atoms with Crippen LogP contribution in [0.3, 0.4) is 0 Å². The predicted molar refractivity (Wildman–Crippen MR) is 108 cm³/mol. The minimum atomic E-state index is -0.287. The van der Waals surface area contributed by atoms with Gasteiger partial charge in [0.1, 0.15) is 5.75 Å². The summed E-state index contributed by atoms with van der Waals surface area (Å²) in [6.45, 7) is 1.88. The third-order valence-corrected chi connectivity index (χ3v) is 4.17. The number of aromatic nitrogens is 3. The Kier molecular flexibility index (Phi) is 5.29. The lowest BCUT2D eigenvalue weighted by Gasteiger charge is -2.10. The molecule has 144 valence electrons. The summed E-state index contributed by atoms with van der Waals surface area (Å²) in [5.74, 6) is 1.08. The van der Waals surface area contributed by atoms with E-state index in [0.717, 1.165) is 11.1 Å². The largest absolute Gasteiger partial charge is 0.484 e. The molecule has 1 amide bonds. The Morgan fingerprint density at radius 3 is 2.69 bits per heavy atom. The number of ether oxygens (including phenoxy) is 1. The fourth-order valence-electron chi connectivity index (χ4n) is 2.69. The van der Waals surface area contributed by atoms with Gasteiger partial charge in [0.05, 0.1) is 11.3 Å². The molecule has 4 aromatic rings. The van der Waals surface area contributed by atoms with Crippen LogP contribution in [-0.4, -0.2) is 27.6 Å². The molecule has 0 saturated carbocycles. The molecule has 0 spiro atoms. The summed E-state index contributed by atoms with van der Waals surface area (Å²) in [5.41, 5.74) is 3.06. The molecule has 1 N–H and O–H groups in total. The van der Waals surface area contributed by atoms with E-state index in [1.165, 1.54) is 0 Å². The van der Waals surface area contributed by atoms with Crippen molar-refractivity contribution in [3.63, 3.8) is 0 Å². The van der Waals surface area contributed by atoms with Crippen molar-refractivity contribution in [2.75, 3.05) is 11.9 Å². The zero-order chi connectivity index (χ0) is 20.1. The maximum Gasteiger partial charge on any atom is 0.262 e. The van der Waals surface area contributed by atoms with E-state index in [1.54, 1.807) is 30.6 Å². The Bertz CT molecular complexity index is 1110. The highest BCUT2D eigenvalue weighted by atomic mass is 16.5. The van der Waals surface area contributed by atoms with E-state index in [0.29, 0.717) is 28.7 Å². The molecular weight excluding hydrogens is 368 g/mol. The Morgan fingerprint density at radius 1 is 1.07 bits per heavy atom. The smallest absolute Gasteiger partial charge is 0.262 e. The fourth-order valence-corrected chi connectivity index (χ4v) is 2.69. The van der Waals surface area contributed by atoms with Crippen molar-refractivity contribution in [2.24, 2.45) is 0 Å². The van der Waals surface area contributed by atoms with E-state index in [1.807, 2.05) is 49.4 Å². The summed E-state index contributed by atoms with van der Waals surface area (Å²) in [6, 6.07) is 18.4. The van der Waals surface area contributed by atoms with Crippen LogP contribution < -0.4 is 10.1 Å². The van der Waals surface area contributed by atoms with Crippen molar-refractivity contribution in [2.45, 2.75) is 6.92 Å². The molecule has 0 aliphatic rings. The number of anilines is 1. The van der Waals surface area contributed by atoms with Gasteiger partial charge in [0.2, 0.25) is 5.82 Å². The molecule has 7 nitrogen and oxygen atoms in total. The number of benzene rings is 2. The zero-order valence-corrected chi connectivity index (χ0v) is 15.7. The van der Waals surface area contributed by atoms with Crippen molar-refractivity contribution in [1.82, 2.24) is 15.1 Å². The molecule has 0 saturated heterocycles. The fraction of sp³-hybridized carbons (Fsp3) is 0.0909. The summed E-state index contributed by atoms with van der Waals surface area (Å²) >= 11 is 0. The minimum Gasteiger partial charge on any atom is -0.484 e. The number of nitrogens with zero attached hydrogens (tertiary/aromatic N) is 3. The average Bonchev–Trinajstić information content (AvgIpc) is 3.24. The highest BCUT2D eigenvalue weighted by molar-refractivity contribution is 5.95. The van der Waals surface area contributed by atoms with Gasteiger partial charge in [0, 0.05) is 18.0 Å². The van der Waals surface area contributed by atoms with Gasteiger partial charge in [-0.05, 0) is 43.3 Å². The quantitative estimate of drug-likeness (QED) is 0.536. The third kappa shape index (κ3) is 4.47. The number of amides is 1. The summed E-state index contributed by atoms with van der Waals surface area (Å²) in [4.78, 5) is 20.8. The first-order valence-electron chi connectivity index (χ1n) is 9.02. The van der Waals surface area contributed by atoms with Gasteiger partial charge in [-0.15, -0.1) is 0 Å². The van der Waals surface area contributed by atoms with E-state index in [2.05, 4.69) is 20.4 Å². The standard InChI is InChI=1S/C22H18N4O3/c1-15-8-10-17(11-9-15)28-14-20(27)24-19-7-3-2-6-18(19)22-25-21(26-29-22)16-5-4-12-23-13-16/h2-13H,14H2,1H3,(H,24,27). The second-order valence-electron chi connectivity index (χ2n) is 6.36. The van der Waals surface area contributed by atoms with E-state index >= 15 is 0 Å². The molecule has 0 aliphatic heterocycles. The lowest BCUT2D eigenvalue weighted by Crippen LogP contribution is -2.20. The van der Waals surface area contributed by atoms with E-state index < -0.39 is 0 Å². The van der Waals surface area contributed by atoms with Crippen LogP contribution in [0.15, 0.2) is 77.6 Å². The van der Waals surface area contributed by atoms with Crippen LogP contribution in [0, 0.1) is 6.92 Å². The summed E-state index contributed by atoms with van der Waals surface area (Å²) < 4.78 is 10.9. The maximum atomic E-state index is 12.4. The molecular formula is C22H18N4O3. The van der Waals surface area contributed by atoms with Crippen molar-refractivity contribution in [3.05, 3.63) is 78.6 Å². The monoisotopic (exact) mass is 386 g/mol. The second kappa shape index (κ2) is 8.35. The number of rotatable bonds is 6. The molecule has 2 aromatic heterocycles. The number of nitrogens with one attached hydrogen (secondary N) is 1. The van der Waals surface area contributed by atoms with Crippen molar-refractivity contribution >= 4 is 11.6 Å². The molecule has 0 atom stereocenters. The molecule has 29 heavy (non-hydrogen) atoms. The summed E-state index contributed by atoms with van der Waals surface area (Å²) in [7, 11) is 0. The van der Waals surface area contributed by atoms with Gasteiger partial charge in [0.15, 0.2) is 6.61 Å². The van der Waals surface area contributed by atoms with Crippen molar-refractivity contribution in [3.8, 4) is 28.6 Å². The zero-order valence-electron chi connectivity index (χ0n) is 15.7. The Labute approximate surface area is 167 Å². The van der Waals surface area contributed by atoms with Crippen LogP contribution in [0.5, 0.6) is 5.75 Å². The first-order valence-corrected chi connectivity index (χ1v) is 9.02. The van der Waals surface area contributed by atoms with Gasteiger partial charge < -0.3 is 14.6 Å². The Hall–Kier alpha value is -4.00. The van der Waals surface area contributed by atoms with Crippen LogP contribution in [-0.2, 0) is 4.79 Å². The molecule has 0 fully saturated rings. The SMILES string of the molecule is Cc1ccc(OCC(=O)Nc2ccccc2-c2nc(-c3cccnc3)no2)cc1. The topological polar surface area (TPSA) is 90.1 Å². The van der Waals surface area contributed by atoms with Gasteiger partial charge >= 0.3 is 0 Å². The number of hydrogen-bond donors (Lipinski definition) is 1. The molecule has 0 aliphatic carbocycles. The number of aryl methyl sites for hydroxylation is 1. The molecule has 0 radical (unpaired) electrons. The van der Waals surface area contributed by atoms with Crippen LogP contribution in [0.1, 0.15) is 5.56 Å². The minimum absolute atomic E-state index is 0.109. The van der Waals surface area contributed by atoms with Crippen LogP contribution in [0.2, 0.25) is 0 Å². The molecule has 4 rings (SSSR count). The number of carbonyl (C=O) groups excluding carboxylic acids is 1. The third-order valence-electron chi connectivity index (χ3n) is 4.17. The van der Waals surface area contributed by atoms with Gasteiger partial charge in [-0.1, -0.05) is 35.0 Å². The molecule has 0 bridgehead atoms. The number of pyridine rings is 1. The molecule has 7 heteroatoms. The van der Waals surface area contributed by atoms with Gasteiger partial charge in [-0.2, -0.15) is 4.98 Å². The average molecular weight is 386 g/mol. The van der Waals surface area contributed by atoms with E-state index in [4.69, 9.17) is 9.26 Å². The Morgan fingerprint density at radius 2 is 1.90 bits per heavy atom. The predicted octanol–water partition coefficient (Wildman–Crippen LogP) is 4.12. The Balaban J connectivity index is 1.48. The molecule has 2 aromatic carbocycles. The lowest BCUT2D eigenvalue weighted by molar-refractivity contribution is -0.118. The van der Waals surface area contributed by atoms with Crippen LogP contribution >= 0.6 is 0 Å². The van der Waals surface area contributed by atoms with Gasteiger partial charge in [-0.3, -0.25) is 9.78 Å². The second-order valence-corrected chi connectivity index (χ2v) is 6.36. The van der Waals surface area contributed by atoms with Crippen molar-refractivity contribution < 1.29 is 14.1 Å². The van der Waals surface area contributed by atoms with E-state index in [-0.39, 0.29) is 12.5 Å². The lowest BCUT2D eigenvalue weighted by atomic mass is 10.1. The van der Waals surface area contributed by atoms with Crippen LogP contribution in [0.4, 0.5) is 5.69 Å². The van der Waals surface area contributed by atoms with Crippen LogP contribution in [0.25, 0.3) is 22.8 Å². The number of carbonyl (C=O) groups is 1.